The van der Waals surface area contributed by atoms with Crippen molar-refractivity contribution in [2.24, 2.45) is 11.3 Å². The molecule has 0 N–H and O–H groups in total. The minimum Gasteiger partial charge on any atom is -0.339 e. The molecule has 1 aliphatic carbocycles. The van der Waals surface area contributed by atoms with Crippen molar-refractivity contribution in [1.82, 2.24) is 4.90 Å². The highest BCUT2D eigenvalue weighted by Gasteiger charge is 2.66. The van der Waals surface area contributed by atoms with Gasteiger partial charge in [0.25, 0.3) is 0 Å². The van der Waals surface area contributed by atoms with Gasteiger partial charge in [0.2, 0.25) is 6.41 Å². The summed E-state index contributed by atoms with van der Waals surface area (Å²) in [4.78, 5) is 12.7. The Hall–Kier alpha value is -0.530. The third-order valence-corrected chi connectivity index (χ3v) is 3.77. The average molecular weight is 153 g/mol. The fourth-order valence-electron chi connectivity index (χ4n) is 2.86. The Labute approximate surface area is 67.6 Å². The van der Waals surface area contributed by atoms with Gasteiger partial charge in [0.1, 0.15) is 0 Å². The van der Waals surface area contributed by atoms with Gasteiger partial charge in [-0.1, -0.05) is 13.8 Å². The van der Waals surface area contributed by atoms with E-state index < -0.39 is 0 Å². The van der Waals surface area contributed by atoms with Crippen molar-refractivity contribution >= 4 is 6.41 Å². The predicted octanol–water partition coefficient (Wildman–Crippen LogP) is 1.26. The number of piperidine rings is 1. The fourth-order valence-corrected chi connectivity index (χ4v) is 2.86. The van der Waals surface area contributed by atoms with Crippen molar-refractivity contribution in [3.8, 4) is 0 Å². The van der Waals surface area contributed by atoms with Crippen LogP contribution in [0.1, 0.15) is 27.2 Å². The van der Waals surface area contributed by atoms with Crippen LogP contribution in [0.15, 0.2) is 0 Å². The fraction of sp³-hybridized carbons (Fsp3) is 0.889. The van der Waals surface area contributed by atoms with Gasteiger partial charge in [0.15, 0.2) is 0 Å². The molecule has 1 heterocycles. The number of hydrogen-bond donors (Lipinski definition) is 0. The van der Waals surface area contributed by atoms with E-state index in [2.05, 4.69) is 20.8 Å². The summed E-state index contributed by atoms with van der Waals surface area (Å²) in [7, 11) is 0. The number of amides is 1. The van der Waals surface area contributed by atoms with E-state index in [0.29, 0.717) is 17.5 Å². The highest BCUT2D eigenvalue weighted by molar-refractivity contribution is 5.52. The van der Waals surface area contributed by atoms with Crippen LogP contribution in [0.3, 0.4) is 0 Å². The molecule has 4 atom stereocenters. The quantitative estimate of drug-likeness (QED) is 0.519. The molecule has 2 aliphatic rings. The summed E-state index contributed by atoms with van der Waals surface area (Å²) in [5.74, 6) is 0.726. The normalized spacial score (nSPS) is 54.1. The average Bonchev–Trinajstić information content (AvgIpc) is 2.39. The Morgan fingerprint density at radius 3 is 2.55 bits per heavy atom. The lowest BCUT2D eigenvalue weighted by molar-refractivity contribution is -0.119. The van der Waals surface area contributed by atoms with Crippen molar-refractivity contribution in [3.05, 3.63) is 0 Å². The van der Waals surface area contributed by atoms with Crippen molar-refractivity contribution < 1.29 is 4.79 Å². The molecule has 11 heavy (non-hydrogen) atoms. The van der Waals surface area contributed by atoms with Crippen molar-refractivity contribution in [2.45, 2.75) is 39.3 Å². The van der Waals surface area contributed by atoms with E-state index in [1.54, 1.807) is 0 Å². The second-order valence-corrected chi connectivity index (χ2v) is 4.35. The SMILES string of the molecule is CC1C[C@]2(C)C(C)C2N1C=O. The molecule has 2 rings (SSSR count). The Balaban J connectivity index is 2.20. The number of likely N-dealkylation sites (tertiary alicyclic amines) is 1. The van der Waals surface area contributed by atoms with Gasteiger partial charge >= 0.3 is 0 Å². The summed E-state index contributed by atoms with van der Waals surface area (Å²) in [6, 6.07) is 1.02. The highest BCUT2D eigenvalue weighted by atomic mass is 16.1. The Morgan fingerprint density at radius 1 is 1.55 bits per heavy atom. The number of carbonyl (C=O) groups is 1. The van der Waals surface area contributed by atoms with Crippen LogP contribution in [-0.4, -0.2) is 23.4 Å². The predicted molar refractivity (Wildman–Crippen MR) is 43.0 cm³/mol. The Kier molecular flexibility index (Phi) is 1.16. The second-order valence-electron chi connectivity index (χ2n) is 4.35. The van der Waals surface area contributed by atoms with Crippen LogP contribution in [0.5, 0.6) is 0 Å². The van der Waals surface area contributed by atoms with Gasteiger partial charge in [0, 0.05) is 12.1 Å². The van der Waals surface area contributed by atoms with Crippen LogP contribution < -0.4 is 0 Å². The lowest BCUT2D eigenvalue weighted by Gasteiger charge is -2.20. The van der Waals surface area contributed by atoms with Crippen LogP contribution in [-0.2, 0) is 4.79 Å². The summed E-state index contributed by atoms with van der Waals surface area (Å²) < 4.78 is 0. The standard InChI is InChI=1S/C9H15NO/c1-6-4-9(3)7(2)8(9)10(6)5-11/h5-8H,4H2,1-3H3/t6?,7?,8?,9-/m1/s1. The monoisotopic (exact) mass is 153 g/mol. The molecule has 2 nitrogen and oxygen atoms in total. The van der Waals surface area contributed by atoms with E-state index in [9.17, 15) is 4.79 Å². The summed E-state index contributed by atoms with van der Waals surface area (Å²) in [6.07, 6.45) is 2.21. The molecule has 2 heteroatoms. The largest absolute Gasteiger partial charge is 0.339 e. The van der Waals surface area contributed by atoms with Crippen molar-refractivity contribution in [1.29, 1.82) is 0 Å². The maximum atomic E-state index is 10.7. The van der Waals surface area contributed by atoms with Crippen molar-refractivity contribution in [2.75, 3.05) is 0 Å². The molecule has 1 saturated heterocycles. The third-order valence-electron chi connectivity index (χ3n) is 3.77. The molecule has 0 bridgehead atoms. The maximum Gasteiger partial charge on any atom is 0.210 e. The van der Waals surface area contributed by atoms with Gasteiger partial charge in [0.05, 0.1) is 0 Å². The number of hydrogen-bond acceptors (Lipinski definition) is 1. The zero-order valence-electron chi connectivity index (χ0n) is 7.37. The first kappa shape index (κ1) is 7.14. The van der Waals surface area contributed by atoms with Crippen LogP contribution >= 0.6 is 0 Å². The number of carbonyl (C=O) groups excluding carboxylic acids is 1. The highest BCUT2D eigenvalue weighted by Crippen LogP contribution is 2.63. The molecule has 0 aromatic heterocycles. The van der Waals surface area contributed by atoms with E-state index in [-0.39, 0.29) is 0 Å². The van der Waals surface area contributed by atoms with Crippen LogP contribution in [0.25, 0.3) is 0 Å². The van der Waals surface area contributed by atoms with E-state index in [1.807, 2.05) is 4.90 Å². The second kappa shape index (κ2) is 1.79. The first-order valence-electron chi connectivity index (χ1n) is 4.34. The number of rotatable bonds is 1. The molecule has 1 aliphatic heterocycles. The first-order chi connectivity index (χ1) is 5.11. The smallest absolute Gasteiger partial charge is 0.210 e. The Morgan fingerprint density at radius 2 is 2.18 bits per heavy atom. The molecule has 0 aromatic rings. The van der Waals surface area contributed by atoms with Crippen LogP contribution in [0.2, 0.25) is 0 Å². The topological polar surface area (TPSA) is 20.3 Å². The van der Waals surface area contributed by atoms with Gasteiger partial charge in [-0.25, -0.2) is 0 Å². The lowest BCUT2D eigenvalue weighted by Crippen LogP contribution is -2.30. The van der Waals surface area contributed by atoms with Gasteiger partial charge in [-0.05, 0) is 24.7 Å². The minimum atomic E-state index is 0.459. The zero-order chi connectivity index (χ0) is 8.22. The third kappa shape index (κ3) is 0.652. The van der Waals surface area contributed by atoms with Gasteiger partial charge in [-0.2, -0.15) is 0 Å². The molecule has 1 saturated carbocycles. The molecule has 62 valence electrons. The lowest BCUT2D eigenvalue weighted by atomic mass is 10.00. The van der Waals surface area contributed by atoms with Crippen LogP contribution in [0, 0.1) is 11.3 Å². The molecule has 0 aromatic carbocycles. The molecular weight excluding hydrogens is 138 g/mol. The van der Waals surface area contributed by atoms with E-state index in [4.69, 9.17) is 0 Å². The maximum absolute atomic E-state index is 10.7. The zero-order valence-corrected chi connectivity index (χ0v) is 7.37. The number of nitrogens with zero attached hydrogens (tertiary/aromatic N) is 1. The van der Waals surface area contributed by atoms with Gasteiger partial charge in [-0.3, -0.25) is 4.79 Å². The van der Waals surface area contributed by atoms with Gasteiger partial charge in [-0.15, -0.1) is 0 Å². The van der Waals surface area contributed by atoms with E-state index in [0.717, 1.165) is 12.3 Å². The Bertz CT molecular complexity index is 204. The summed E-state index contributed by atoms with van der Waals surface area (Å²) in [5.41, 5.74) is 0.459. The minimum absolute atomic E-state index is 0.459. The molecule has 2 fully saturated rings. The summed E-state index contributed by atoms with van der Waals surface area (Å²) in [5, 5.41) is 0. The summed E-state index contributed by atoms with van der Waals surface area (Å²) >= 11 is 0. The van der Waals surface area contributed by atoms with Gasteiger partial charge < -0.3 is 4.90 Å². The van der Waals surface area contributed by atoms with E-state index >= 15 is 0 Å². The molecule has 0 radical (unpaired) electrons. The summed E-state index contributed by atoms with van der Waals surface area (Å²) in [6.45, 7) is 6.67. The first-order valence-corrected chi connectivity index (χ1v) is 4.34. The van der Waals surface area contributed by atoms with Crippen molar-refractivity contribution in [3.63, 3.8) is 0 Å². The molecule has 1 amide bonds. The molecule has 0 spiro atoms. The molecule has 3 unspecified atom stereocenters. The van der Waals surface area contributed by atoms with E-state index in [1.165, 1.54) is 6.42 Å². The number of fused-ring (bicyclic) bond motifs is 1. The molecular formula is C9H15NO. The van der Waals surface area contributed by atoms with Crippen LogP contribution in [0.4, 0.5) is 0 Å².